The molecule has 1 aromatic carbocycles. The maximum Gasteiger partial charge on any atom is 0.420 e. The molecule has 0 spiro atoms. The van der Waals surface area contributed by atoms with E-state index in [2.05, 4.69) is 10.3 Å². The standard InChI is InChI=1S/C17H21F3N2OS/c1-3-5-6-9-23-15-8-7-13(10-14(15)17(18,19)20)22-16-21-12(4-2)11-24-16/h7-8,10-11H,3-6,9H2,1-2H3,(H,21,22). The van der Waals surface area contributed by atoms with Crippen molar-refractivity contribution in [3.63, 3.8) is 0 Å². The molecule has 0 aliphatic rings. The molecule has 0 unspecified atom stereocenters. The van der Waals surface area contributed by atoms with Crippen molar-refractivity contribution >= 4 is 22.2 Å². The smallest absolute Gasteiger partial charge is 0.420 e. The van der Waals surface area contributed by atoms with Crippen LogP contribution in [0.3, 0.4) is 0 Å². The Hall–Kier alpha value is -1.76. The van der Waals surface area contributed by atoms with Gasteiger partial charge in [-0.15, -0.1) is 11.3 Å². The summed E-state index contributed by atoms with van der Waals surface area (Å²) in [6, 6.07) is 4.02. The molecule has 0 amide bonds. The van der Waals surface area contributed by atoms with Gasteiger partial charge in [0.2, 0.25) is 0 Å². The van der Waals surface area contributed by atoms with Crippen molar-refractivity contribution in [1.29, 1.82) is 0 Å². The van der Waals surface area contributed by atoms with Gasteiger partial charge < -0.3 is 10.1 Å². The summed E-state index contributed by atoms with van der Waals surface area (Å²) >= 11 is 1.37. The fourth-order valence-electron chi connectivity index (χ4n) is 2.14. The maximum atomic E-state index is 13.3. The third-order valence-electron chi connectivity index (χ3n) is 3.46. The van der Waals surface area contributed by atoms with Gasteiger partial charge in [0, 0.05) is 11.1 Å². The molecule has 2 aromatic rings. The summed E-state index contributed by atoms with van der Waals surface area (Å²) < 4.78 is 45.2. The highest BCUT2D eigenvalue weighted by Crippen LogP contribution is 2.38. The second-order valence-corrected chi connectivity index (χ2v) is 6.24. The van der Waals surface area contributed by atoms with E-state index in [0.717, 1.165) is 37.4 Å². The molecule has 0 aliphatic heterocycles. The van der Waals surface area contributed by atoms with Crippen molar-refractivity contribution in [2.75, 3.05) is 11.9 Å². The lowest BCUT2D eigenvalue weighted by Crippen LogP contribution is -2.10. The minimum absolute atomic E-state index is 0.127. The van der Waals surface area contributed by atoms with Crippen LogP contribution in [0.2, 0.25) is 0 Å². The molecule has 2 rings (SSSR count). The summed E-state index contributed by atoms with van der Waals surface area (Å²) in [5.74, 6) is -0.127. The quantitative estimate of drug-likeness (QED) is 0.584. The van der Waals surface area contributed by atoms with Crippen LogP contribution >= 0.6 is 11.3 Å². The lowest BCUT2D eigenvalue weighted by molar-refractivity contribution is -0.138. The summed E-state index contributed by atoms with van der Waals surface area (Å²) in [5, 5.41) is 5.39. The molecule has 0 saturated carbocycles. The second-order valence-electron chi connectivity index (χ2n) is 5.39. The number of halogens is 3. The molecule has 0 aliphatic carbocycles. The number of aryl methyl sites for hydroxylation is 1. The Kier molecular flexibility index (Phi) is 6.48. The Morgan fingerprint density at radius 1 is 1.21 bits per heavy atom. The van der Waals surface area contributed by atoms with Crippen molar-refractivity contribution in [3.8, 4) is 5.75 Å². The first-order valence-corrected chi connectivity index (χ1v) is 8.87. The van der Waals surface area contributed by atoms with Crippen molar-refractivity contribution in [1.82, 2.24) is 4.98 Å². The third kappa shape index (κ3) is 5.12. The van der Waals surface area contributed by atoms with Crippen molar-refractivity contribution < 1.29 is 17.9 Å². The minimum Gasteiger partial charge on any atom is -0.493 e. The van der Waals surface area contributed by atoms with Gasteiger partial charge in [0.25, 0.3) is 0 Å². The molecule has 1 N–H and O–H groups in total. The number of unbranched alkanes of at least 4 members (excludes halogenated alkanes) is 2. The van der Waals surface area contributed by atoms with Crippen molar-refractivity contribution in [3.05, 3.63) is 34.8 Å². The van der Waals surface area contributed by atoms with Gasteiger partial charge in [0.05, 0.1) is 17.9 Å². The average molecular weight is 358 g/mol. The van der Waals surface area contributed by atoms with Gasteiger partial charge in [-0.3, -0.25) is 0 Å². The lowest BCUT2D eigenvalue weighted by atomic mass is 10.1. The maximum absolute atomic E-state index is 13.3. The van der Waals surface area contributed by atoms with Gasteiger partial charge in [0.15, 0.2) is 5.13 Å². The highest BCUT2D eigenvalue weighted by Gasteiger charge is 2.34. The first kappa shape index (κ1) is 18.6. The average Bonchev–Trinajstić information content (AvgIpc) is 2.99. The zero-order valence-corrected chi connectivity index (χ0v) is 14.6. The topological polar surface area (TPSA) is 34.1 Å². The number of anilines is 2. The van der Waals surface area contributed by atoms with Crippen LogP contribution in [0, 0.1) is 0 Å². The molecule has 7 heteroatoms. The second kappa shape index (κ2) is 8.37. The highest BCUT2D eigenvalue weighted by molar-refractivity contribution is 7.13. The number of nitrogens with zero attached hydrogens (tertiary/aromatic N) is 1. The first-order valence-electron chi connectivity index (χ1n) is 7.99. The fourth-order valence-corrected chi connectivity index (χ4v) is 2.95. The number of nitrogens with one attached hydrogen (secondary N) is 1. The van der Waals surface area contributed by atoms with E-state index in [1.54, 1.807) is 6.07 Å². The summed E-state index contributed by atoms with van der Waals surface area (Å²) in [5.41, 5.74) is 0.492. The van der Waals surface area contributed by atoms with E-state index in [1.807, 2.05) is 19.2 Å². The Morgan fingerprint density at radius 3 is 2.62 bits per heavy atom. The van der Waals surface area contributed by atoms with Gasteiger partial charge >= 0.3 is 6.18 Å². The number of rotatable bonds is 8. The van der Waals surface area contributed by atoms with E-state index >= 15 is 0 Å². The largest absolute Gasteiger partial charge is 0.493 e. The number of thiazole rings is 1. The Morgan fingerprint density at radius 2 is 2.00 bits per heavy atom. The number of aromatic nitrogens is 1. The van der Waals surface area contributed by atoms with E-state index in [4.69, 9.17) is 4.74 Å². The molecule has 132 valence electrons. The molecular formula is C17H21F3N2OS. The molecule has 0 fully saturated rings. The van der Waals surface area contributed by atoms with Crippen LogP contribution in [-0.2, 0) is 12.6 Å². The van der Waals surface area contributed by atoms with Crippen LogP contribution in [0.5, 0.6) is 5.75 Å². The molecule has 0 atom stereocenters. The first-order chi connectivity index (χ1) is 11.4. The summed E-state index contributed by atoms with van der Waals surface area (Å²) in [6.45, 7) is 4.30. The van der Waals surface area contributed by atoms with Crippen LogP contribution in [0.1, 0.15) is 44.4 Å². The minimum atomic E-state index is -4.46. The van der Waals surface area contributed by atoms with Crippen LogP contribution in [0.4, 0.5) is 24.0 Å². The van der Waals surface area contributed by atoms with Crippen molar-refractivity contribution in [2.24, 2.45) is 0 Å². The predicted molar refractivity (Wildman–Crippen MR) is 91.2 cm³/mol. The van der Waals surface area contributed by atoms with Gasteiger partial charge in [-0.25, -0.2) is 4.98 Å². The number of hydrogen-bond acceptors (Lipinski definition) is 4. The Labute approximate surface area is 143 Å². The van der Waals surface area contributed by atoms with Crippen LogP contribution < -0.4 is 10.1 Å². The molecule has 1 heterocycles. The zero-order valence-electron chi connectivity index (χ0n) is 13.7. The van der Waals surface area contributed by atoms with E-state index in [-0.39, 0.29) is 12.4 Å². The number of benzene rings is 1. The van der Waals surface area contributed by atoms with E-state index < -0.39 is 11.7 Å². The number of ether oxygens (including phenoxy) is 1. The molecule has 0 radical (unpaired) electrons. The number of alkyl halides is 3. The molecule has 24 heavy (non-hydrogen) atoms. The Bertz CT molecular complexity index is 656. The van der Waals surface area contributed by atoms with Crippen LogP contribution in [-0.4, -0.2) is 11.6 Å². The third-order valence-corrected chi connectivity index (χ3v) is 4.26. The van der Waals surface area contributed by atoms with E-state index in [1.165, 1.54) is 17.4 Å². The van der Waals surface area contributed by atoms with E-state index in [0.29, 0.717) is 10.8 Å². The van der Waals surface area contributed by atoms with Gasteiger partial charge in [-0.1, -0.05) is 26.7 Å². The van der Waals surface area contributed by atoms with Gasteiger partial charge in [-0.2, -0.15) is 13.2 Å². The molecule has 0 saturated heterocycles. The summed E-state index contributed by atoms with van der Waals surface area (Å²) in [6.07, 6.45) is -1.00. The Balaban J connectivity index is 2.16. The monoisotopic (exact) mass is 358 g/mol. The number of hydrogen-bond donors (Lipinski definition) is 1. The summed E-state index contributed by atoms with van der Waals surface area (Å²) in [7, 11) is 0. The van der Waals surface area contributed by atoms with E-state index in [9.17, 15) is 13.2 Å². The zero-order chi connectivity index (χ0) is 17.6. The fraction of sp³-hybridized carbons (Fsp3) is 0.471. The molecule has 3 nitrogen and oxygen atoms in total. The van der Waals surface area contributed by atoms with Gasteiger partial charge in [-0.05, 0) is 31.0 Å². The summed E-state index contributed by atoms with van der Waals surface area (Å²) in [4.78, 5) is 4.30. The molecular weight excluding hydrogens is 337 g/mol. The highest BCUT2D eigenvalue weighted by atomic mass is 32.1. The lowest BCUT2D eigenvalue weighted by Gasteiger charge is -2.15. The van der Waals surface area contributed by atoms with Crippen LogP contribution in [0.15, 0.2) is 23.6 Å². The van der Waals surface area contributed by atoms with Gasteiger partial charge in [0.1, 0.15) is 5.75 Å². The van der Waals surface area contributed by atoms with Crippen LogP contribution in [0.25, 0.3) is 0 Å². The molecule has 0 bridgehead atoms. The SMILES string of the molecule is CCCCCOc1ccc(Nc2nc(CC)cs2)cc1C(F)(F)F. The molecule has 1 aromatic heterocycles. The normalized spacial score (nSPS) is 11.5. The van der Waals surface area contributed by atoms with Crippen molar-refractivity contribution in [2.45, 2.75) is 45.7 Å². The predicted octanol–water partition coefficient (Wildman–Crippen LogP) is 6.04.